The van der Waals surface area contributed by atoms with E-state index in [1.54, 1.807) is 12.1 Å². The highest BCUT2D eigenvalue weighted by atomic mass is 32.2. The van der Waals surface area contributed by atoms with E-state index < -0.39 is 5.91 Å². The summed E-state index contributed by atoms with van der Waals surface area (Å²) in [7, 11) is 0. The number of aromatic nitrogens is 2. The molecule has 0 saturated heterocycles. The number of aryl methyl sites for hydroxylation is 1. The van der Waals surface area contributed by atoms with Gasteiger partial charge in [0.15, 0.2) is 4.34 Å². The Bertz CT molecular complexity index is 625. The molecule has 0 spiro atoms. The van der Waals surface area contributed by atoms with Crippen LogP contribution in [0, 0.1) is 6.92 Å². The van der Waals surface area contributed by atoms with Crippen molar-refractivity contribution in [1.82, 2.24) is 10.2 Å². The Hall–Kier alpha value is -1.93. The van der Waals surface area contributed by atoms with E-state index in [2.05, 4.69) is 15.5 Å². The fraction of sp³-hybridized carbons (Fsp3) is 0.167. The molecule has 3 N–H and O–H groups in total. The van der Waals surface area contributed by atoms with Gasteiger partial charge in [-0.25, -0.2) is 0 Å². The van der Waals surface area contributed by atoms with Gasteiger partial charge in [0.2, 0.25) is 11.0 Å². The Balaban J connectivity index is 1.97. The topological polar surface area (TPSA) is 98.0 Å². The lowest BCUT2D eigenvalue weighted by atomic mass is 10.1. The van der Waals surface area contributed by atoms with E-state index in [4.69, 9.17) is 5.73 Å². The fourth-order valence-electron chi connectivity index (χ4n) is 1.33. The number of thioether (sulfide) groups is 1. The lowest BCUT2D eigenvalue weighted by Crippen LogP contribution is -2.12. The maximum atomic E-state index is 11.9. The number of amides is 2. The maximum Gasteiger partial charge on any atom is 0.257 e. The second kappa shape index (κ2) is 6.49. The van der Waals surface area contributed by atoms with Gasteiger partial charge in [-0.3, -0.25) is 14.9 Å². The zero-order valence-electron chi connectivity index (χ0n) is 10.6. The number of carbonyl (C=O) groups is 2. The summed E-state index contributed by atoms with van der Waals surface area (Å²) in [6.07, 6.45) is 0. The molecular formula is C12H12N4O2S2. The summed E-state index contributed by atoms with van der Waals surface area (Å²) in [4.78, 5) is 22.6. The number of benzene rings is 1. The Labute approximate surface area is 123 Å². The van der Waals surface area contributed by atoms with E-state index >= 15 is 0 Å². The fourth-order valence-corrected chi connectivity index (χ4v) is 2.81. The van der Waals surface area contributed by atoms with Crippen LogP contribution in [0.5, 0.6) is 0 Å². The van der Waals surface area contributed by atoms with Crippen molar-refractivity contribution >= 4 is 40.0 Å². The zero-order chi connectivity index (χ0) is 14.5. The number of anilines is 1. The van der Waals surface area contributed by atoms with E-state index in [9.17, 15) is 9.59 Å². The van der Waals surface area contributed by atoms with Crippen LogP contribution in [0.1, 0.15) is 15.9 Å². The van der Waals surface area contributed by atoms with Crippen molar-refractivity contribution < 1.29 is 9.59 Å². The van der Waals surface area contributed by atoms with Gasteiger partial charge < -0.3 is 5.73 Å². The summed E-state index contributed by atoms with van der Waals surface area (Å²) in [5, 5.41) is 10.8. The van der Waals surface area contributed by atoms with E-state index in [0.717, 1.165) is 5.56 Å². The van der Waals surface area contributed by atoms with Crippen molar-refractivity contribution in [2.24, 2.45) is 5.73 Å². The molecule has 0 radical (unpaired) electrons. The molecule has 0 bridgehead atoms. The number of nitrogens with one attached hydrogen (secondary N) is 1. The molecule has 1 aromatic carbocycles. The minimum atomic E-state index is -0.421. The molecular weight excluding hydrogens is 296 g/mol. The minimum absolute atomic E-state index is 0.139. The van der Waals surface area contributed by atoms with Crippen LogP contribution in [-0.2, 0) is 4.79 Å². The van der Waals surface area contributed by atoms with E-state index in [1.165, 1.54) is 23.1 Å². The molecule has 2 rings (SSSR count). The summed E-state index contributed by atoms with van der Waals surface area (Å²) in [6, 6.07) is 7.22. The number of hydrogen-bond donors (Lipinski definition) is 2. The summed E-state index contributed by atoms with van der Waals surface area (Å²) in [6.45, 7) is 1.95. The van der Waals surface area contributed by atoms with Gasteiger partial charge in [-0.1, -0.05) is 40.8 Å². The van der Waals surface area contributed by atoms with Crippen LogP contribution in [0.2, 0.25) is 0 Å². The van der Waals surface area contributed by atoms with Crippen molar-refractivity contribution in [2.75, 3.05) is 11.1 Å². The molecule has 0 unspecified atom stereocenters. The molecule has 20 heavy (non-hydrogen) atoms. The van der Waals surface area contributed by atoms with E-state index in [0.29, 0.717) is 15.0 Å². The molecule has 0 fully saturated rings. The molecule has 6 nitrogen and oxygen atoms in total. The van der Waals surface area contributed by atoms with Gasteiger partial charge in [-0.05, 0) is 19.1 Å². The highest BCUT2D eigenvalue weighted by Crippen LogP contribution is 2.25. The van der Waals surface area contributed by atoms with Crippen molar-refractivity contribution in [3.05, 3.63) is 35.4 Å². The minimum Gasteiger partial charge on any atom is -0.369 e. The third kappa shape index (κ3) is 4.04. The average Bonchev–Trinajstić information content (AvgIpc) is 2.84. The van der Waals surface area contributed by atoms with Crippen molar-refractivity contribution in [1.29, 1.82) is 0 Å². The summed E-state index contributed by atoms with van der Waals surface area (Å²) < 4.78 is 0.586. The molecule has 2 aromatic rings. The normalized spacial score (nSPS) is 10.2. The number of nitrogens with two attached hydrogens (primary N) is 1. The lowest BCUT2D eigenvalue weighted by molar-refractivity contribution is -0.115. The van der Waals surface area contributed by atoms with Gasteiger partial charge in [0.25, 0.3) is 5.91 Å². The van der Waals surface area contributed by atoms with Crippen LogP contribution < -0.4 is 11.1 Å². The Morgan fingerprint density at radius 3 is 2.65 bits per heavy atom. The molecule has 0 aliphatic heterocycles. The third-order valence-electron chi connectivity index (χ3n) is 2.28. The second-order valence-corrected chi connectivity index (χ2v) is 6.15. The first-order valence-corrected chi connectivity index (χ1v) is 7.47. The first kappa shape index (κ1) is 14.5. The lowest BCUT2D eigenvalue weighted by Gasteiger charge is -2.01. The average molecular weight is 308 g/mol. The van der Waals surface area contributed by atoms with Gasteiger partial charge in [-0.15, -0.1) is 10.2 Å². The molecule has 1 aromatic heterocycles. The summed E-state index contributed by atoms with van der Waals surface area (Å²) in [5.74, 6) is -0.524. The zero-order valence-corrected chi connectivity index (χ0v) is 12.3. The predicted octanol–water partition coefficient (Wildman–Crippen LogP) is 1.68. The summed E-state index contributed by atoms with van der Waals surface area (Å²) in [5.41, 5.74) is 6.68. The Morgan fingerprint density at radius 1 is 1.30 bits per heavy atom. The van der Waals surface area contributed by atoms with Crippen LogP contribution in [-0.4, -0.2) is 27.8 Å². The molecule has 8 heteroatoms. The quantitative estimate of drug-likeness (QED) is 0.647. The number of carbonyl (C=O) groups excluding carboxylic acids is 2. The number of rotatable bonds is 5. The number of hydrogen-bond acceptors (Lipinski definition) is 6. The molecule has 0 aliphatic rings. The van der Waals surface area contributed by atoms with Crippen molar-refractivity contribution in [2.45, 2.75) is 11.3 Å². The summed E-state index contributed by atoms with van der Waals surface area (Å²) >= 11 is 2.40. The standard InChI is InChI=1S/C12H12N4O2S2/c1-7-2-4-8(5-3-7)10(18)14-11-15-16-12(20-11)19-6-9(13)17/h2-5H,6H2,1H3,(H2,13,17)(H,14,15,18). The largest absolute Gasteiger partial charge is 0.369 e. The Kier molecular flexibility index (Phi) is 4.70. The third-order valence-corrected chi connectivity index (χ3v) is 4.27. The van der Waals surface area contributed by atoms with Crippen LogP contribution in [0.4, 0.5) is 5.13 Å². The molecule has 0 aliphatic carbocycles. The molecule has 2 amide bonds. The predicted molar refractivity (Wildman–Crippen MR) is 79.0 cm³/mol. The monoisotopic (exact) mass is 308 g/mol. The smallest absolute Gasteiger partial charge is 0.257 e. The van der Waals surface area contributed by atoms with Gasteiger partial charge >= 0.3 is 0 Å². The van der Waals surface area contributed by atoms with Crippen LogP contribution in [0.3, 0.4) is 0 Å². The molecule has 104 valence electrons. The van der Waals surface area contributed by atoms with Gasteiger partial charge in [0.1, 0.15) is 0 Å². The van der Waals surface area contributed by atoms with Gasteiger partial charge in [-0.2, -0.15) is 0 Å². The SMILES string of the molecule is Cc1ccc(C(=O)Nc2nnc(SCC(N)=O)s2)cc1. The van der Waals surface area contributed by atoms with Crippen LogP contribution in [0.15, 0.2) is 28.6 Å². The number of nitrogens with zero attached hydrogens (tertiary/aromatic N) is 2. The van der Waals surface area contributed by atoms with Gasteiger partial charge in [0, 0.05) is 5.56 Å². The van der Waals surface area contributed by atoms with Crippen molar-refractivity contribution in [3.8, 4) is 0 Å². The van der Waals surface area contributed by atoms with Gasteiger partial charge in [0.05, 0.1) is 5.75 Å². The highest BCUT2D eigenvalue weighted by Gasteiger charge is 2.10. The second-order valence-electron chi connectivity index (χ2n) is 3.95. The molecule has 0 atom stereocenters. The number of primary amides is 1. The Morgan fingerprint density at radius 2 is 2.00 bits per heavy atom. The first-order chi connectivity index (χ1) is 9.54. The highest BCUT2D eigenvalue weighted by molar-refractivity contribution is 8.01. The van der Waals surface area contributed by atoms with E-state index in [-0.39, 0.29) is 11.7 Å². The first-order valence-electron chi connectivity index (χ1n) is 5.67. The van der Waals surface area contributed by atoms with Crippen LogP contribution >= 0.6 is 23.1 Å². The molecule has 1 heterocycles. The molecule has 0 saturated carbocycles. The van der Waals surface area contributed by atoms with E-state index in [1.807, 2.05) is 19.1 Å². The van der Waals surface area contributed by atoms with Crippen LogP contribution in [0.25, 0.3) is 0 Å². The maximum absolute atomic E-state index is 11.9. The van der Waals surface area contributed by atoms with Crippen molar-refractivity contribution in [3.63, 3.8) is 0 Å².